The predicted molar refractivity (Wildman–Crippen MR) is 136 cm³/mol. The van der Waals surface area contributed by atoms with Crippen molar-refractivity contribution in [1.29, 1.82) is 0 Å². The molecule has 0 spiro atoms. The summed E-state index contributed by atoms with van der Waals surface area (Å²) < 4.78 is 5.75. The first-order chi connectivity index (χ1) is 15.2. The third-order valence-corrected chi connectivity index (χ3v) is 7.99. The molecule has 186 valence electrons. The molecule has 8 heteroatoms. The summed E-state index contributed by atoms with van der Waals surface area (Å²) in [6, 6.07) is 0.223. The lowest BCUT2D eigenvalue weighted by Crippen LogP contribution is -2.38. The maximum atomic E-state index is 12.6. The summed E-state index contributed by atoms with van der Waals surface area (Å²) in [5.41, 5.74) is 0. The fourth-order valence-electron chi connectivity index (χ4n) is 3.66. The minimum absolute atomic E-state index is 0.0639. The second-order valence-electron chi connectivity index (χ2n) is 9.35. The van der Waals surface area contributed by atoms with Crippen molar-refractivity contribution in [3.8, 4) is 0 Å². The Balaban J connectivity index is 2.02. The number of amides is 2. The number of nitrogens with one attached hydrogen (secondary N) is 1. The number of hydrogen-bond donors (Lipinski definition) is 1. The number of hydrogen-bond acceptors (Lipinski definition) is 6. The first-order valence-electron chi connectivity index (χ1n) is 12.2. The Hall–Kier alpha value is -0.730. The summed E-state index contributed by atoms with van der Waals surface area (Å²) in [4.78, 5) is 38.0. The average Bonchev–Trinajstić information content (AvgIpc) is 3.11. The molecular weight excluding hydrogens is 444 g/mol. The van der Waals surface area contributed by atoms with Crippen molar-refractivity contribution in [2.45, 2.75) is 91.7 Å². The Kier molecular flexibility index (Phi) is 15.4. The van der Waals surface area contributed by atoms with Crippen LogP contribution in [0.25, 0.3) is 0 Å². The monoisotopic (exact) mass is 488 g/mol. The SMILES string of the molecule is CC(C)OC[C@@H]1C[C@@H](C)CN1C(=O)CCCSSCCNC(=O)CCCCC(=O)C(C)C. The average molecular weight is 489 g/mol. The molecule has 1 saturated heterocycles. The van der Waals surface area contributed by atoms with Gasteiger partial charge in [-0.1, -0.05) is 42.4 Å². The van der Waals surface area contributed by atoms with E-state index in [1.807, 2.05) is 32.6 Å². The fourth-order valence-corrected chi connectivity index (χ4v) is 5.65. The molecule has 0 unspecified atom stereocenters. The number of ketones is 1. The quantitative estimate of drug-likeness (QED) is 0.236. The molecule has 0 bridgehead atoms. The van der Waals surface area contributed by atoms with Crippen LogP contribution in [-0.2, 0) is 19.1 Å². The highest BCUT2D eigenvalue weighted by molar-refractivity contribution is 8.76. The normalized spacial score (nSPS) is 18.5. The zero-order valence-electron chi connectivity index (χ0n) is 20.7. The Morgan fingerprint density at radius 3 is 2.38 bits per heavy atom. The van der Waals surface area contributed by atoms with Gasteiger partial charge in [0, 0.05) is 49.8 Å². The molecular formula is C24H44N2O4S2. The van der Waals surface area contributed by atoms with Gasteiger partial charge in [0.2, 0.25) is 11.8 Å². The second-order valence-corrected chi connectivity index (χ2v) is 12.1. The molecule has 1 heterocycles. The maximum absolute atomic E-state index is 12.6. The predicted octanol–water partition coefficient (Wildman–Crippen LogP) is 4.71. The highest BCUT2D eigenvalue weighted by atomic mass is 33.1. The Labute approximate surface area is 203 Å². The third-order valence-electron chi connectivity index (χ3n) is 5.50. The van der Waals surface area contributed by atoms with Crippen LogP contribution in [-0.4, -0.2) is 65.8 Å². The van der Waals surface area contributed by atoms with Gasteiger partial charge in [-0.2, -0.15) is 0 Å². The summed E-state index contributed by atoms with van der Waals surface area (Å²) in [6.07, 6.45) is 5.31. The van der Waals surface area contributed by atoms with Crippen LogP contribution in [0.3, 0.4) is 0 Å². The van der Waals surface area contributed by atoms with Crippen LogP contribution in [0.5, 0.6) is 0 Å². The lowest BCUT2D eigenvalue weighted by atomic mass is 10.0. The van der Waals surface area contributed by atoms with E-state index in [1.165, 1.54) is 0 Å². The van der Waals surface area contributed by atoms with Gasteiger partial charge in [-0.15, -0.1) is 0 Å². The van der Waals surface area contributed by atoms with Crippen molar-refractivity contribution in [3.05, 3.63) is 0 Å². The molecule has 1 fully saturated rings. The van der Waals surface area contributed by atoms with Crippen LogP contribution in [0.1, 0.15) is 79.6 Å². The number of unbranched alkanes of at least 4 members (excludes halogenated alkanes) is 1. The van der Waals surface area contributed by atoms with E-state index in [0.717, 1.165) is 43.7 Å². The van der Waals surface area contributed by atoms with Gasteiger partial charge in [-0.05, 0) is 45.4 Å². The Morgan fingerprint density at radius 2 is 1.69 bits per heavy atom. The van der Waals surface area contributed by atoms with Gasteiger partial charge in [0.25, 0.3) is 0 Å². The number of carbonyl (C=O) groups is 3. The molecule has 0 aliphatic carbocycles. The van der Waals surface area contributed by atoms with Crippen molar-refractivity contribution in [2.24, 2.45) is 11.8 Å². The van der Waals surface area contributed by atoms with Gasteiger partial charge in [-0.3, -0.25) is 14.4 Å². The number of Topliss-reactive ketones (excluding diaryl/α,β-unsaturated/α-hetero) is 1. The lowest BCUT2D eigenvalue weighted by molar-refractivity contribution is -0.133. The molecule has 6 nitrogen and oxygen atoms in total. The van der Waals surface area contributed by atoms with Gasteiger partial charge in [0.05, 0.1) is 18.8 Å². The highest BCUT2D eigenvalue weighted by Crippen LogP contribution is 2.26. The van der Waals surface area contributed by atoms with Crippen LogP contribution >= 0.6 is 21.6 Å². The van der Waals surface area contributed by atoms with Crippen LogP contribution in [0.15, 0.2) is 0 Å². The number of rotatable bonds is 17. The van der Waals surface area contributed by atoms with Crippen molar-refractivity contribution in [1.82, 2.24) is 10.2 Å². The minimum atomic E-state index is 0.0639. The zero-order chi connectivity index (χ0) is 23.9. The van der Waals surface area contributed by atoms with Crippen molar-refractivity contribution in [2.75, 3.05) is 31.2 Å². The van der Waals surface area contributed by atoms with Gasteiger partial charge in [0.1, 0.15) is 5.78 Å². The number of likely N-dealkylation sites (tertiary alicyclic amines) is 1. The van der Waals surface area contributed by atoms with Crippen LogP contribution in [0, 0.1) is 11.8 Å². The molecule has 1 rings (SSSR count). The van der Waals surface area contributed by atoms with Crippen LogP contribution in [0.2, 0.25) is 0 Å². The van der Waals surface area contributed by atoms with Crippen molar-refractivity contribution < 1.29 is 19.1 Å². The van der Waals surface area contributed by atoms with E-state index in [9.17, 15) is 14.4 Å². The molecule has 32 heavy (non-hydrogen) atoms. The molecule has 1 aliphatic heterocycles. The minimum Gasteiger partial charge on any atom is -0.377 e. The van der Waals surface area contributed by atoms with Gasteiger partial charge >= 0.3 is 0 Å². The number of carbonyl (C=O) groups excluding carboxylic acids is 3. The van der Waals surface area contributed by atoms with Crippen molar-refractivity contribution in [3.63, 3.8) is 0 Å². The van der Waals surface area contributed by atoms with E-state index in [-0.39, 0.29) is 35.7 Å². The molecule has 2 atom stereocenters. The Bertz CT molecular complexity index is 572. The maximum Gasteiger partial charge on any atom is 0.222 e. The molecule has 0 aromatic carbocycles. The fraction of sp³-hybridized carbons (Fsp3) is 0.875. The first kappa shape index (κ1) is 29.3. The third kappa shape index (κ3) is 13.1. The van der Waals surface area contributed by atoms with Crippen LogP contribution < -0.4 is 5.32 Å². The molecule has 2 amide bonds. The second kappa shape index (κ2) is 16.8. The highest BCUT2D eigenvalue weighted by Gasteiger charge is 2.32. The molecule has 0 saturated carbocycles. The van der Waals surface area contributed by atoms with Crippen LogP contribution in [0.4, 0.5) is 0 Å². The molecule has 0 aromatic heterocycles. The largest absolute Gasteiger partial charge is 0.377 e. The van der Waals surface area contributed by atoms with Crippen molar-refractivity contribution >= 4 is 39.2 Å². The summed E-state index contributed by atoms with van der Waals surface area (Å²) >= 11 is 0. The summed E-state index contributed by atoms with van der Waals surface area (Å²) in [5, 5.41) is 2.94. The molecule has 0 aromatic rings. The van der Waals surface area contributed by atoms with E-state index >= 15 is 0 Å². The van der Waals surface area contributed by atoms with E-state index in [1.54, 1.807) is 21.6 Å². The van der Waals surface area contributed by atoms with E-state index in [4.69, 9.17) is 4.74 Å². The number of ether oxygens (including phenoxy) is 1. The first-order valence-corrected chi connectivity index (χ1v) is 14.6. The van der Waals surface area contributed by atoms with E-state index < -0.39 is 0 Å². The topological polar surface area (TPSA) is 75.7 Å². The lowest BCUT2D eigenvalue weighted by Gasteiger charge is -2.25. The van der Waals surface area contributed by atoms with E-state index in [0.29, 0.717) is 38.3 Å². The van der Waals surface area contributed by atoms with E-state index in [2.05, 4.69) is 12.2 Å². The molecule has 1 aliphatic rings. The summed E-state index contributed by atoms with van der Waals surface area (Å²) in [5.74, 6) is 3.01. The Morgan fingerprint density at radius 1 is 1.00 bits per heavy atom. The molecule has 0 radical (unpaired) electrons. The van der Waals surface area contributed by atoms with Gasteiger partial charge in [0.15, 0.2) is 0 Å². The molecule has 1 N–H and O–H groups in total. The smallest absolute Gasteiger partial charge is 0.222 e. The van der Waals surface area contributed by atoms with Gasteiger partial charge < -0.3 is 15.0 Å². The van der Waals surface area contributed by atoms with Gasteiger partial charge in [-0.25, -0.2) is 0 Å². The number of nitrogens with zero attached hydrogens (tertiary/aromatic N) is 1. The summed E-state index contributed by atoms with van der Waals surface area (Å²) in [6.45, 7) is 12.2. The summed E-state index contributed by atoms with van der Waals surface area (Å²) in [7, 11) is 3.50. The standard InChI is InChI=1S/C24H44N2O4S2/c1-18(2)22(27)9-6-7-10-23(28)25-12-14-32-31-13-8-11-24(29)26-16-20(5)15-21(26)17-30-19(3)4/h18-21H,6-17H2,1-5H3,(H,25,28)/t20-,21+/m1/s1. The zero-order valence-corrected chi connectivity index (χ0v) is 22.3.